The number of para-hydroxylation sites is 1. The number of aromatic nitrogens is 2. The Hall–Kier alpha value is -4.02. The van der Waals surface area contributed by atoms with E-state index in [1.165, 1.54) is 24.3 Å². The second-order valence-electron chi connectivity index (χ2n) is 8.39. The van der Waals surface area contributed by atoms with E-state index < -0.39 is 10.0 Å². The summed E-state index contributed by atoms with van der Waals surface area (Å²) in [6, 6.07) is 22.8. The number of nitrogens with zero attached hydrogens (tertiary/aromatic N) is 2. The predicted molar refractivity (Wildman–Crippen MR) is 146 cm³/mol. The van der Waals surface area contributed by atoms with E-state index in [1.807, 2.05) is 48.5 Å². The topological polar surface area (TPSA) is 114 Å². The first-order valence-electron chi connectivity index (χ1n) is 11.2. The number of anilines is 2. The van der Waals surface area contributed by atoms with Crippen molar-refractivity contribution in [2.24, 2.45) is 0 Å². The van der Waals surface area contributed by atoms with Crippen LogP contribution in [0.2, 0.25) is 0 Å². The van der Waals surface area contributed by atoms with E-state index in [1.54, 1.807) is 19.9 Å². The molecule has 2 N–H and O–H groups in total. The zero-order valence-corrected chi connectivity index (χ0v) is 22.2. The van der Waals surface area contributed by atoms with Crippen LogP contribution in [0.25, 0.3) is 22.2 Å². The second-order valence-corrected chi connectivity index (χ2v) is 11.0. The molecule has 186 valence electrons. The summed E-state index contributed by atoms with van der Waals surface area (Å²) in [5.41, 5.74) is 4.33. The van der Waals surface area contributed by atoms with Gasteiger partial charge in [-0.25, -0.2) is 18.1 Å². The molecule has 10 heteroatoms. The molecule has 3 aromatic carbocycles. The smallest absolute Gasteiger partial charge is 0.264 e. The van der Waals surface area contributed by atoms with Crippen LogP contribution in [0.15, 0.2) is 92.8 Å². The average Bonchev–Trinajstić information content (AvgIpc) is 3.20. The Labute approximate surface area is 221 Å². The molecule has 0 atom stereocenters. The highest BCUT2D eigenvalue weighted by Gasteiger charge is 2.20. The lowest BCUT2D eigenvalue weighted by Gasteiger charge is -2.12. The third kappa shape index (κ3) is 5.11. The second kappa shape index (κ2) is 9.79. The normalized spacial score (nSPS) is 11.4. The summed E-state index contributed by atoms with van der Waals surface area (Å²) in [4.78, 5) is 18.1. The fourth-order valence-corrected chi connectivity index (χ4v) is 5.21. The Bertz CT molecular complexity index is 1750. The van der Waals surface area contributed by atoms with Crippen molar-refractivity contribution < 1.29 is 17.7 Å². The summed E-state index contributed by atoms with van der Waals surface area (Å²) >= 11 is 3.48. The van der Waals surface area contributed by atoms with Crippen LogP contribution < -0.4 is 10.0 Å². The average molecular weight is 577 g/mol. The minimum atomic E-state index is -3.90. The molecule has 1 amide bonds. The maximum absolute atomic E-state index is 13.3. The highest BCUT2D eigenvalue weighted by Crippen LogP contribution is 2.28. The first kappa shape index (κ1) is 24.7. The Kier molecular flexibility index (Phi) is 6.53. The molecule has 0 unspecified atom stereocenters. The molecular weight excluding hydrogens is 556 g/mol. The molecule has 0 fully saturated rings. The number of hydrogen-bond donors (Lipinski definition) is 2. The van der Waals surface area contributed by atoms with Crippen LogP contribution in [-0.2, 0) is 10.0 Å². The number of halogens is 1. The van der Waals surface area contributed by atoms with Gasteiger partial charge in [0.25, 0.3) is 15.9 Å². The molecule has 2 aromatic heterocycles. The molecule has 0 aliphatic carbocycles. The van der Waals surface area contributed by atoms with Crippen molar-refractivity contribution in [2.75, 3.05) is 10.0 Å². The number of pyridine rings is 1. The van der Waals surface area contributed by atoms with Crippen molar-refractivity contribution in [3.63, 3.8) is 0 Å². The molecule has 5 rings (SSSR count). The summed E-state index contributed by atoms with van der Waals surface area (Å²) in [5.74, 6) is -0.267. The molecule has 2 heterocycles. The summed E-state index contributed by atoms with van der Waals surface area (Å²) in [5, 5.41) is 7.33. The fourth-order valence-electron chi connectivity index (χ4n) is 3.77. The molecule has 0 bridgehead atoms. The van der Waals surface area contributed by atoms with E-state index >= 15 is 0 Å². The van der Waals surface area contributed by atoms with E-state index in [0.717, 1.165) is 10.0 Å². The molecule has 0 spiro atoms. The van der Waals surface area contributed by atoms with Crippen molar-refractivity contribution in [3.8, 4) is 11.3 Å². The summed E-state index contributed by atoms with van der Waals surface area (Å²) < 4.78 is 33.9. The van der Waals surface area contributed by atoms with Crippen LogP contribution >= 0.6 is 15.9 Å². The van der Waals surface area contributed by atoms with Crippen LogP contribution in [0.4, 0.5) is 11.6 Å². The van der Waals surface area contributed by atoms with E-state index in [2.05, 4.69) is 31.1 Å². The molecule has 0 aliphatic heterocycles. The van der Waals surface area contributed by atoms with Crippen molar-refractivity contribution >= 4 is 54.3 Å². The number of aryl methyl sites for hydroxylation is 1. The fraction of sp³-hybridized carbons (Fsp3) is 0.0741. The lowest BCUT2D eigenvalue weighted by molar-refractivity contribution is 0.102. The standard InChI is InChI=1S/C27H21BrN4O4S/c1-16-17(2)31-36-27(16)32-37(34,35)21-12-10-20(11-13-21)29-26(33)23-15-25(18-6-5-7-19(28)14-18)30-24-9-4-3-8-22(23)24/h3-15,32H,1-2H3,(H,29,33). The minimum Gasteiger partial charge on any atom is -0.337 e. The van der Waals surface area contributed by atoms with Crippen LogP contribution in [0.3, 0.4) is 0 Å². The summed E-state index contributed by atoms with van der Waals surface area (Å²) in [6.07, 6.45) is 0. The van der Waals surface area contributed by atoms with Crippen molar-refractivity contribution in [1.82, 2.24) is 10.1 Å². The van der Waals surface area contributed by atoms with Crippen LogP contribution in [0.5, 0.6) is 0 Å². The Morgan fingerprint density at radius 1 is 0.946 bits per heavy atom. The van der Waals surface area contributed by atoms with Crippen molar-refractivity contribution in [3.05, 3.63) is 100 Å². The number of nitrogens with one attached hydrogen (secondary N) is 2. The van der Waals surface area contributed by atoms with E-state index in [-0.39, 0.29) is 16.7 Å². The SMILES string of the molecule is Cc1noc(NS(=O)(=O)c2ccc(NC(=O)c3cc(-c4cccc(Br)c4)nc4ccccc34)cc2)c1C. The van der Waals surface area contributed by atoms with Crippen molar-refractivity contribution in [1.29, 1.82) is 0 Å². The molecule has 37 heavy (non-hydrogen) atoms. The molecule has 5 aromatic rings. The number of fused-ring (bicyclic) bond motifs is 1. The number of amides is 1. The molecule has 0 radical (unpaired) electrons. The quantitative estimate of drug-likeness (QED) is 0.244. The van der Waals surface area contributed by atoms with E-state index in [4.69, 9.17) is 9.51 Å². The molecule has 8 nitrogen and oxygen atoms in total. The van der Waals surface area contributed by atoms with Crippen LogP contribution in [0.1, 0.15) is 21.6 Å². The number of carbonyl (C=O) groups excluding carboxylic acids is 1. The van der Waals surface area contributed by atoms with E-state index in [9.17, 15) is 13.2 Å². The van der Waals surface area contributed by atoms with Crippen LogP contribution in [0, 0.1) is 13.8 Å². The third-order valence-corrected chi connectivity index (χ3v) is 7.73. The van der Waals surface area contributed by atoms with Gasteiger partial charge in [0.1, 0.15) is 0 Å². The van der Waals surface area contributed by atoms with Gasteiger partial charge in [-0.05, 0) is 62.4 Å². The van der Waals surface area contributed by atoms with Gasteiger partial charge in [0.05, 0.1) is 27.4 Å². The maximum atomic E-state index is 13.3. The molecular formula is C27H21BrN4O4S. The van der Waals surface area contributed by atoms with Gasteiger partial charge in [0, 0.05) is 26.7 Å². The Morgan fingerprint density at radius 2 is 1.70 bits per heavy atom. The number of hydrogen-bond acceptors (Lipinski definition) is 6. The van der Waals surface area contributed by atoms with Gasteiger partial charge in [-0.2, -0.15) is 0 Å². The number of carbonyl (C=O) groups is 1. The molecule has 0 saturated carbocycles. The zero-order valence-electron chi connectivity index (χ0n) is 19.8. The minimum absolute atomic E-state index is 0.0188. The van der Waals surface area contributed by atoms with Crippen LogP contribution in [-0.4, -0.2) is 24.5 Å². The van der Waals surface area contributed by atoms with Gasteiger partial charge in [-0.3, -0.25) is 4.79 Å². The largest absolute Gasteiger partial charge is 0.337 e. The predicted octanol–water partition coefficient (Wildman–Crippen LogP) is 6.32. The van der Waals surface area contributed by atoms with Gasteiger partial charge in [-0.1, -0.05) is 51.4 Å². The van der Waals surface area contributed by atoms with Gasteiger partial charge < -0.3 is 9.84 Å². The number of benzene rings is 3. The Balaban J connectivity index is 1.42. The highest BCUT2D eigenvalue weighted by atomic mass is 79.9. The maximum Gasteiger partial charge on any atom is 0.264 e. The summed E-state index contributed by atoms with van der Waals surface area (Å²) in [6.45, 7) is 3.44. The summed E-state index contributed by atoms with van der Waals surface area (Å²) in [7, 11) is -3.90. The first-order chi connectivity index (χ1) is 17.7. The zero-order chi connectivity index (χ0) is 26.2. The first-order valence-corrected chi connectivity index (χ1v) is 13.5. The lowest BCUT2D eigenvalue weighted by Crippen LogP contribution is -2.15. The van der Waals surface area contributed by atoms with Crippen molar-refractivity contribution in [2.45, 2.75) is 18.7 Å². The van der Waals surface area contributed by atoms with Gasteiger partial charge >= 0.3 is 0 Å². The molecule has 0 saturated heterocycles. The van der Waals surface area contributed by atoms with Gasteiger partial charge in [0.15, 0.2) is 0 Å². The highest BCUT2D eigenvalue weighted by molar-refractivity contribution is 9.10. The third-order valence-electron chi connectivity index (χ3n) is 5.89. The molecule has 0 aliphatic rings. The monoisotopic (exact) mass is 576 g/mol. The van der Waals surface area contributed by atoms with Gasteiger partial charge in [-0.15, -0.1) is 0 Å². The number of rotatable bonds is 6. The van der Waals surface area contributed by atoms with E-state index in [0.29, 0.717) is 39.1 Å². The number of sulfonamides is 1. The Morgan fingerprint density at radius 3 is 2.41 bits per heavy atom. The van der Waals surface area contributed by atoms with Gasteiger partial charge in [0.2, 0.25) is 5.88 Å². The lowest BCUT2D eigenvalue weighted by atomic mass is 10.0.